The molecule has 36 heavy (non-hydrogen) atoms. The third-order valence-corrected chi connectivity index (χ3v) is 5.81. The number of benzene rings is 4. The van der Waals surface area contributed by atoms with Crippen LogP contribution < -0.4 is 4.74 Å². The third-order valence-electron chi connectivity index (χ3n) is 5.81. The summed E-state index contributed by atoms with van der Waals surface area (Å²) in [6.45, 7) is 2.55. The molecule has 0 aliphatic rings. The second kappa shape index (κ2) is 11.3. The van der Waals surface area contributed by atoms with E-state index in [1.165, 1.54) is 42.5 Å². The van der Waals surface area contributed by atoms with Crippen LogP contribution in [0, 0.1) is 40.9 Å². The summed E-state index contributed by atoms with van der Waals surface area (Å²) in [5, 5.41) is 0.516. The first-order valence-corrected chi connectivity index (χ1v) is 11.6. The summed E-state index contributed by atoms with van der Waals surface area (Å²) in [5.41, 5.74) is 0.800. The van der Waals surface area contributed by atoms with Gasteiger partial charge in [-0.05, 0) is 72.2 Å². The van der Waals surface area contributed by atoms with Gasteiger partial charge in [-0.3, -0.25) is 0 Å². The number of ether oxygens (including phenoxy) is 1. The highest BCUT2D eigenvalue weighted by atomic mass is 19.2. The zero-order valence-corrected chi connectivity index (χ0v) is 19.6. The summed E-state index contributed by atoms with van der Waals surface area (Å²) in [7, 11) is 0. The normalized spacial score (nSPS) is 10.8. The Morgan fingerprint density at radius 2 is 1.50 bits per heavy atom. The molecule has 0 amide bonds. The first-order chi connectivity index (χ1) is 17.4. The minimum atomic E-state index is -0.962. The number of fused-ring (bicyclic) bond motifs is 1. The molecule has 0 spiro atoms. The van der Waals surface area contributed by atoms with E-state index in [-0.39, 0.29) is 18.2 Å². The molecule has 6 heteroatoms. The van der Waals surface area contributed by atoms with Crippen LogP contribution in [0.4, 0.5) is 22.0 Å². The zero-order chi connectivity index (χ0) is 25.7. The van der Waals surface area contributed by atoms with Crippen LogP contribution in [0.25, 0.3) is 10.8 Å². The van der Waals surface area contributed by atoms with E-state index < -0.39 is 34.6 Å². The van der Waals surface area contributed by atoms with Crippen molar-refractivity contribution in [2.24, 2.45) is 0 Å². The third kappa shape index (κ3) is 5.85. The largest absolute Gasteiger partial charge is 0.493 e. The first-order valence-electron chi connectivity index (χ1n) is 11.6. The Bertz CT molecular complexity index is 1440. The van der Waals surface area contributed by atoms with Crippen LogP contribution >= 0.6 is 0 Å². The van der Waals surface area contributed by atoms with Gasteiger partial charge in [-0.15, -0.1) is 0 Å². The van der Waals surface area contributed by atoms with Gasteiger partial charge in [0.1, 0.15) is 23.2 Å². The Morgan fingerprint density at radius 3 is 2.22 bits per heavy atom. The number of hydrogen-bond donors (Lipinski definition) is 0. The first kappa shape index (κ1) is 25.2. The molecule has 0 aliphatic carbocycles. The van der Waals surface area contributed by atoms with Gasteiger partial charge in [0, 0.05) is 17.0 Å². The maximum atomic E-state index is 14.6. The van der Waals surface area contributed by atoms with E-state index in [1.54, 1.807) is 12.1 Å². The highest BCUT2D eigenvalue weighted by Gasteiger charge is 2.12. The topological polar surface area (TPSA) is 9.23 Å². The summed E-state index contributed by atoms with van der Waals surface area (Å²) in [4.78, 5) is 0. The predicted octanol–water partition coefficient (Wildman–Crippen LogP) is 7.90. The number of rotatable bonds is 7. The van der Waals surface area contributed by atoms with Crippen molar-refractivity contribution in [3.8, 4) is 17.6 Å². The molecular weight excluding hydrogens is 471 g/mol. The molecule has 4 rings (SSSR count). The van der Waals surface area contributed by atoms with Gasteiger partial charge in [0.25, 0.3) is 0 Å². The maximum Gasteiger partial charge on any atom is 0.166 e. The molecule has 4 aromatic rings. The Labute approximate surface area is 206 Å². The van der Waals surface area contributed by atoms with Crippen LogP contribution in [0.5, 0.6) is 5.75 Å². The number of aryl methyl sites for hydroxylation is 2. The maximum absolute atomic E-state index is 14.6. The van der Waals surface area contributed by atoms with Gasteiger partial charge in [-0.1, -0.05) is 43.4 Å². The van der Waals surface area contributed by atoms with Crippen LogP contribution in [-0.4, -0.2) is 6.61 Å². The molecule has 0 aromatic heterocycles. The van der Waals surface area contributed by atoms with Crippen molar-refractivity contribution < 1.29 is 26.7 Å². The van der Waals surface area contributed by atoms with Gasteiger partial charge >= 0.3 is 0 Å². The smallest absolute Gasteiger partial charge is 0.166 e. The summed E-state index contributed by atoms with van der Waals surface area (Å²) in [5.74, 6) is 1.61. The molecule has 1 nitrogen and oxygen atoms in total. The van der Waals surface area contributed by atoms with Crippen molar-refractivity contribution >= 4 is 10.8 Å². The monoisotopic (exact) mass is 494 g/mol. The van der Waals surface area contributed by atoms with E-state index in [1.807, 2.05) is 6.92 Å². The van der Waals surface area contributed by atoms with E-state index in [4.69, 9.17) is 4.74 Å². The molecule has 0 heterocycles. The van der Waals surface area contributed by atoms with Crippen molar-refractivity contribution in [3.05, 3.63) is 112 Å². The van der Waals surface area contributed by atoms with E-state index in [9.17, 15) is 22.0 Å². The van der Waals surface area contributed by atoms with E-state index >= 15 is 0 Å². The number of hydrogen-bond acceptors (Lipinski definition) is 1. The molecule has 4 aromatic carbocycles. The highest BCUT2D eigenvalue weighted by molar-refractivity contribution is 5.84. The van der Waals surface area contributed by atoms with Gasteiger partial charge in [0.15, 0.2) is 11.6 Å². The molecular formula is C30H23F5O. The minimum absolute atomic E-state index is 0.0948. The molecule has 0 unspecified atom stereocenters. The molecule has 0 bridgehead atoms. The number of unbranched alkanes of at least 4 members (excludes halogenated alkanes) is 1. The fourth-order valence-electron chi connectivity index (χ4n) is 3.80. The lowest BCUT2D eigenvalue weighted by atomic mass is 10.0. The fraction of sp³-hybridized carbons (Fsp3) is 0.200. The Kier molecular flexibility index (Phi) is 7.90. The lowest BCUT2D eigenvalue weighted by molar-refractivity contribution is 0.307. The summed E-state index contributed by atoms with van der Waals surface area (Å²) in [6.07, 6.45) is 2.36. The van der Waals surface area contributed by atoms with Crippen molar-refractivity contribution in [1.29, 1.82) is 0 Å². The van der Waals surface area contributed by atoms with Crippen LogP contribution in [0.15, 0.2) is 60.7 Å². The average molecular weight is 495 g/mol. The molecule has 0 fully saturated rings. The number of halogens is 5. The van der Waals surface area contributed by atoms with E-state index in [0.717, 1.165) is 18.9 Å². The fourth-order valence-corrected chi connectivity index (χ4v) is 3.80. The molecule has 184 valence electrons. The summed E-state index contributed by atoms with van der Waals surface area (Å²) >= 11 is 0. The van der Waals surface area contributed by atoms with E-state index in [2.05, 4.69) is 11.8 Å². The molecule has 0 aliphatic heterocycles. The molecule has 0 N–H and O–H groups in total. The van der Waals surface area contributed by atoms with Gasteiger partial charge in [0.05, 0.1) is 12.2 Å². The second-order valence-corrected chi connectivity index (χ2v) is 8.44. The Hall–Kier alpha value is -3.85. The van der Waals surface area contributed by atoms with Crippen LogP contribution in [0.3, 0.4) is 0 Å². The quantitative estimate of drug-likeness (QED) is 0.144. The van der Waals surface area contributed by atoms with Gasteiger partial charge in [-0.2, -0.15) is 0 Å². The van der Waals surface area contributed by atoms with Gasteiger partial charge in [-0.25, -0.2) is 22.0 Å². The SMILES string of the molecule is CCCCOc1ccc(CCc2cc(F)c(C#Cc3ccc4c(F)c(F)ccc4c3)c(F)c2)c(F)c1. The summed E-state index contributed by atoms with van der Waals surface area (Å²) in [6, 6.07) is 13.8. The minimum Gasteiger partial charge on any atom is -0.493 e. The second-order valence-electron chi connectivity index (χ2n) is 8.44. The van der Waals surface area contributed by atoms with Crippen LogP contribution in [-0.2, 0) is 12.8 Å². The molecule has 0 atom stereocenters. The molecule has 0 radical (unpaired) electrons. The Morgan fingerprint density at radius 1 is 0.722 bits per heavy atom. The molecule has 0 saturated carbocycles. The highest BCUT2D eigenvalue weighted by Crippen LogP contribution is 2.23. The van der Waals surface area contributed by atoms with Crippen molar-refractivity contribution in [2.75, 3.05) is 6.61 Å². The average Bonchev–Trinajstić information content (AvgIpc) is 2.85. The van der Waals surface area contributed by atoms with Gasteiger partial charge in [0.2, 0.25) is 0 Å². The zero-order valence-electron chi connectivity index (χ0n) is 19.6. The van der Waals surface area contributed by atoms with Crippen molar-refractivity contribution in [2.45, 2.75) is 32.6 Å². The van der Waals surface area contributed by atoms with Crippen molar-refractivity contribution in [3.63, 3.8) is 0 Å². The van der Waals surface area contributed by atoms with Crippen LogP contribution in [0.2, 0.25) is 0 Å². The van der Waals surface area contributed by atoms with Crippen molar-refractivity contribution in [1.82, 2.24) is 0 Å². The molecule has 0 saturated heterocycles. The standard InChI is InChI=1S/C30H23F5O/c1-2-3-14-36-23-10-8-21(27(32)18-23)7-4-20-16-28(33)25(29(34)17-20)12-6-19-5-11-24-22(15-19)9-13-26(31)30(24)35/h5,8-11,13,15-18H,2-4,7,14H2,1H3. The summed E-state index contributed by atoms with van der Waals surface area (Å²) < 4.78 is 76.4. The Balaban J connectivity index is 1.47. The lowest BCUT2D eigenvalue weighted by Crippen LogP contribution is -2.00. The predicted molar refractivity (Wildman–Crippen MR) is 130 cm³/mol. The lowest BCUT2D eigenvalue weighted by Gasteiger charge is -2.09. The van der Waals surface area contributed by atoms with E-state index in [0.29, 0.717) is 34.4 Å². The van der Waals surface area contributed by atoms with Gasteiger partial charge < -0.3 is 4.74 Å². The van der Waals surface area contributed by atoms with Crippen LogP contribution in [0.1, 0.15) is 42.0 Å².